The van der Waals surface area contributed by atoms with Gasteiger partial charge in [0.2, 0.25) is 0 Å². The van der Waals surface area contributed by atoms with E-state index in [1.165, 1.54) is 5.57 Å². The standard InChI is InChI=1S/C11H19NO2/c1-9-5-11(8-13)4-3-10(7-14-2)12(11)6-9/h10,13H,1,3-8H2,2H3. The summed E-state index contributed by atoms with van der Waals surface area (Å²) >= 11 is 0. The number of hydrogen-bond acceptors (Lipinski definition) is 3. The van der Waals surface area contributed by atoms with Gasteiger partial charge in [0.05, 0.1) is 13.2 Å². The Hall–Kier alpha value is -0.380. The molecule has 0 radical (unpaired) electrons. The third-order valence-electron chi connectivity index (χ3n) is 3.62. The van der Waals surface area contributed by atoms with Gasteiger partial charge >= 0.3 is 0 Å². The summed E-state index contributed by atoms with van der Waals surface area (Å²) in [6.45, 7) is 6.00. The largest absolute Gasteiger partial charge is 0.394 e. The third-order valence-corrected chi connectivity index (χ3v) is 3.62. The minimum atomic E-state index is 0.000278. The van der Waals surface area contributed by atoms with Crippen LogP contribution in [0.2, 0.25) is 0 Å². The van der Waals surface area contributed by atoms with E-state index in [-0.39, 0.29) is 12.1 Å². The average Bonchev–Trinajstić information content (AvgIpc) is 2.64. The average molecular weight is 197 g/mol. The SMILES string of the molecule is C=C1CN2C(COC)CCC2(CO)C1. The third kappa shape index (κ3) is 1.40. The van der Waals surface area contributed by atoms with Crippen LogP contribution in [0.4, 0.5) is 0 Å². The Morgan fingerprint density at radius 1 is 1.71 bits per heavy atom. The number of aliphatic hydroxyl groups excluding tert-OH is 1. The molecule has 2 heterocycles. The van der Waals surface area contributed by atoms with Gasteiger partial charge in [-0.2, -0.15) is 0 Å². The van der Waals surface area contributed by atoms with E-state index >= 15 is 0 Å². The molecule has 0 aliphatic carbocycles. The van der Waals surface area contributed by atoms with Crippen LogP contribution >= 0.6 is 0 Å². The minimum absolute atomic E-state index is 0.000278. The Morgan fingerprint density at radius 2 is 2.50 bits per heavy atom. The first kappa shape index (κ1) is 10.1. The number of rotatable bonds is 3. The fourth-order valence-corrected chi connectivity index (χ4v) is 2.96. The molecule has 0 aromatic carbocycles. The molecule has 0 saturated carbocycles. The maximum Gasteiger partial charge on any atom is 0.0618 e. The second kappa shape index (κ2) is 3.65. The maximum atomic E-state index is 9.51. The normalized spacial score (nSPS) is 37.9. The van der Waals surface area contributed by atoms with Crippen LogP contribution in [-0.4, -0.2) is 48.5 Å². The fraction of sp³-hybridized carbons (Fsp3) is 0.818. The van der Waals surface area contributed by atoms with Crippen molar-refractivity contribution in [1.29, 1.82) is 0 Å². The molecule has 80 valence electrons. The van der Waals surface area contributed by atoms with Crippen LogP contribution in [0, 0.1) is 0 Å². The molecular formula is C11H19NO2. The highest BCUT2D eigenvalue weighted by atomic mass is 16.5. The monoisotopic (exact) mass is 197 g/mol. The first-order chi connectivity index (χ1) is 6.72. The fourth-order valence-electron chi connectivity index (χ4n) is 2.96. The Bertz CT molecular complexity index is 241. The predicted molar refractivity (Wildman–Crippen MR) is 55.2 cm³/mol. The quantitative estimate of drug-likeness (QED) is 0.679. The Balaban J connectivity index is 2.13. The van der Waals surface area contributed by atoms with Crippen LogP contribution < -0.4 is 0 Å². The summed E-state index contributed by atoms with van der Waals surface area (Å²) in [5.74, 6) is 0. The van der Waals surface area contributed by atoms with Crippen LogP contribution in [0.15, 0.2) is 12.2 Å². The van der Waals surface area contributed by atoms with E-state index < -0.39 is 0 Å². The lowest BCUT2D eigenvalue weighted by molar-refractivity contribution is 0.0477. The minimum Gasteiger partial charge on any atom is -0.394 e. The molecule has 2 rings (SSSR count). The number of nitrogens with zero attached hydrogens (tertiary/aromatic N) is 1. The van der Waals surface area contributed by atoms with Gasteiger partial charge in [0, 0.05) is 25.2 Å². The summed E-state index contributed by atoms with van der Waals surface area (Å²) in [7, 11) is 1.74. The van der Waals surface area contributed by atoms with Gasteiger partial charge < -0.3 is 9.84 Å². The smallest absolute Gasteiger partial charge is 0.0618 e. The van der Waals surface area contributed by atoms with Crippen molar-refractivity contribution in [2.75, 3.05) is 26.9 Å². The highest BCUT2D eigenvalue weighted by Crippen LogP contribution is 2.43. The Kier molecular flexibility index (Phi) is 2.64. The van der Waals surface area contributed by atoms with Crippen molar-refractivity contribution in [2.45, 2.75) is 30.8 Å². The number of ether oxygens (including phenoxy) is 1. The molecule has 0 bridgehead atoms. The number of methoxy groups -OCH3 is 1. The van der Waals surface area contributed by atoms with Gasteiger partial charge in [-0.25, -0.2) is 0 Å². The van der Waals surface area contributed by atoms with Crippen LogP contribution in [0.3, 0.4) is 0 Å². The lowest BCUT2D eigenvalue weighted by Crippen LogP contribution is -2.46. The second-order valence-corrected chi connectivity index (χ2v) is 4.58. The first-order valence-corrected chi connectivity index (χ1v) is 5.25. The molecule has 0 aromatic heterocycles. The molecule has 1 N–H and O–H groups in total. The molecule has 0 amide bonds. The molecule has 3 nitrogen and oxygen atoms in total. The van der Waals surface area contributed by atoms with E-state index in [1.807, 2.05) is 0 Å². The van der Waals surface area contributed by atoms with E-state index in [4.69, 9.17) is 4.74 Å². The molecule has 2 unspecified atom stereocenters. The highest BCUT2D eigenvalue weighted by Gasteiger charge is 2.49. The Morgan fingerprint density at radius 3 is 3.14 bits per heavy atom. The van der Waals surface area contributed by atoms with Gasteiger partial charge in [0.15, 0.2) is 0 Å². The van der Waals surface area contributed by atoms with Crippen molar-refractivity contribution in [1.82, 2.24) is 4.90 Å². The van der Waals surface area contributed by atoms with Crippen molar-refractivity contribution in [2.24, 2.45) is 0 Å². The zero-order chi connectivity index (χ0) is 10.2. The van der Waals surface area contributed by atoms with Crippen LogP contribution in [0.1, 0.15) is 19.3 Å². The highest BCUT2D eigenvalue weighted by molar-refractivity contribution is 5.19. The lowest BCUT2D eigenvalue weighted by atomic mass is 9.94. The molecule has 0 aromatic rings. The Labute approximate surface area is 85.4 Å². The topological polar surface area (TPSA) is 32.7 Å². The molecule has 2 saturated heterocycles. The molecule has 2 aliphatic rings. The summed E-state index contributed by atoms with van der Waals surface area (Å²) < 4.78 is 5.21. The summed E-state index contributed by atoms with van der Waals surface area (Å²) in [5, 5.41) is 9.51. The zero-order valence-electron chi connectivity index (χ0n) is 8.83. The molecule has 2 atom stereocenters. The van der Waals surface area contributed by atoms with Gasteiger partial charge in [0.1, 0.15) is 0 Å². The van der Waals surface area contributed by atoms with Gasteiger partial charge in [-0.3, -0.25) is 4.90 Å². The molecular weight excluding hydrogens is 178 g/mol. The van der Waals surface area contributed by atoms with Gasteiger partial charge in [-0.1, -0.05) is 12.2 Å². The molecule has 3 heteroatoms. The zero-order valence-corrected chi connectivity index (χ0v) is 8.83. The summed E-state index contributed by atoms with van der Waals surface area (Å²) in [4.78, 5) is 2.39. The summed E-state index contributed by atoms with van der Waals surface area (Å²) in [6, 6.07) is 0.478. The number of aliphatic hydroxyl groups is 1. The van der Waals surface area contributed by atoms with E-state index in [0.717, 1.165) is 32.4 Å². The van der Waals surface area contributed by atoms with Crippen molar-refractivity contribution < 1.29 is 9.84 Å². The van der Waals surface area contributed by atoms with Gasteiger partial charge in [0.25, 0.3) is 0 Å². The number of hydrogen-bond donors (Lipinski definition) is 1. The van der Waals surface area contributed by atoms with Crippen LogP contribution in [0.25, 0.3) is 0 Å². The summed E-state index contributed by atoms with van der Waals surface area (Å²) in [6.07, 6.45) is 3.18. The van der Waals surface area contributed by atoms with Gasteiger partial charge in [-0.15, -0.1) is 0 Å². The number of fused-ring (bicyclic) bond motifs is 1. The van der Waals surface area contributed by atoms with Crippen molar-refractivity contribution in [3.63, 3.8) is 0 Å². The van der Waals surface area contributed by atoms with E-state index in [1.54, 1.807) is 7.11 Å². The van der Waals surface area contributed by atoms with E-state index in [0.29, 0.717) is 6.04 Å². The molecule has 14 heavy (non-hydrogen) atoms. The van der Waals surface area contributed by atoms with Crippen molar-refractivity contribution >= 4 is 0 Å². The maximum absolute atomic E-state index is 9.51. The lowest BCUT2D eigenvalue weighted by Gasteiger charge is -2.32. The van der Waals surface area contributed by atoms with Gasteiger partial charge in [-0.05, 0) is 19.3 Å². The molecule has 2 aliphatic heterocycles. The van der Waals surface area contributed by atoms with Crippen molar-refractivity contribution in [3.8, 4) is 0 Å². The van der Waals surface area contributed by atoms with E-state index in [9.17, 15) is 5.11 Å². The second-order valence-electron chi connectivity index (χ2n) is 4.58. The molecule has 0 spiro atoms. The van der Waals surface area contributed by atoms with Crippen molar-refractivity contribution in [3.05, 3.63) is 12.2 Å². The van der Waals surface area contributed by atoms with E-state index in [2.05, 4.69) is 11.5 Å². The van der Waals surface area contributed by atoms with Crippen LogP contribution in [0.5, 0.6) is 0 Å². The molecule has 2 fully saturated rings. The predicted octanol–water partition coefficient (Wildman–Crippen LogP) is 0.788. The first-order valence-electron chi connectivity index (χ1n) is 5.25. The van der Waals surface area contributed by atoms with Crippen LogP contribution in [-0.2, 0) is 4.74 Å². The summed E-state index contributed by atoms with van der Waals surface area (Å²) in [5.41, 5.74) is 1.25.